The van der Waals surface area contributed by atoms with Gasteiger partial charge in [0, 0.05) is 30.8 Å². The first-order valence-corrected chi connectivity index (χ1v) is 19.6. The molecule has 0 aromatic heterocycles. The summed E-state index contributed by atoms with van der Waals surface area (Å²) in [5.74, 6) is -0.452. The molecule has 5 unspecified atom stereocenters. The maximum Gasteiger partial charge on any atom is 0.242 e. The van der Waals surface area contributed by atoms with Crippen molar-refractivity contribution < 1.29 is 38.0 Å². The highest BCUT2D eigenvalue weighted by molar-refractivity contribution is 7.89. The zero-order chi connectivity index (χ0) is 39.0. The smallest absolute Gasteiger partial charge is 0.242 e. The molecule has 1 fully saturated rings. The van der Waals surface area contributed by atoms with Crippen LogP contribution in [-0.2, 0) is 37.3 Å². The first-order chi connectivity index (χ1) is 26.4. The van der Waals surface area contributed by atoms with Crippen LogP contribution in [0.1, 0.15) is 58.3 Å². The van der Waals surface area contributed by atoms with Crippen LogP contribution in [0, 0.1) is 6.92 Å². The molecule has 0 spiro atoms. The van der Waals surface area contributed by atoms with Gasteiger partial charge in [0.05, 0.1) is 29.8 Å². The number of carbonyl (C=O) groups excluding carboxylic acids is 1. The fourth-order valence-corrected chi connectivity index (χ4v) is 7.79. The molecule has 5 aromatic carbocycles. The number of carbonyl (C=O) groups is 1. The highest BCUT2D eigenvalue weighted by Crippen LogP contribution is 2.39. The molecule has 55 heavy (non-hydrogen) atoms. The average Bonchev–Trinajstić information content (AvgIpc) is 3.18. The van der Waals surface area contributed by atoms with Gasteiger partial charge >= 0.3 is 0 Å². The molecular formula is C43H47N3O8S. The lowest BCUT2D eigenvalue weighted by molar-refractivity contribution is -0.252. The molecule has 5 atom stereocenters. The maximum absolute atomic E-state index is 13.9. The van der Waals surface area contributed by atoms with Crippen molar-refractivity contribution in [1.29, 1.82) is 0 Å². The molecule has 0 bridgehead atoms. The molecule has 1 saturated heterocycles. The van der Waals surface area contributed by atoms with E-state index in [0.717, 1.165) is 22.3 Å². The third kappa shape index (κ3) is 10.9. The van der Waals surface area contributed by atoms with Crippen molar-refractivity contribution in [2.45, 2.75) is 61.9 Å². The number of aliphatic hydroxyl groups excluding tert-OH is 2. The van der Waals surface area contributed by atoms with Crippen molar-refractivity contribution in [2.75, 3.05) is 25.5 Å². The van der Waals surface area contributed by atoms with E-state index in [-0.39, 0.29) is 35.9 Å². The molecule has 0 saturated carbocycles. The second-order valence-corrected chi connectivity index (χ2v) is 15.7. The standard InChI is InChI=1S/C43H47N3O8S/c1-29-14-20-38(21-15-29)55(51,52)45-39(22-30-8-4-3-5-9-30)42(50)44-35-12-6-11-34(23-35)43-53-37(25-41(54-43)32-18-16-31(28-47)17-19-32)26-46(2)27-40(49)33-10-7-13-36(48)24-33/h3-21,23-24,37,39-41,43,45,47-49H,22,25-28H2,1-2H3,(H,44,50). The third-order valence-electron chi connectivity index (χ3n) is 9.52. The average molecular weight is 766 g/mol. The number of rotatable bonds is 15. The minimum atomic E-state index is -4.03. The van der Waals surface area contributed by atoms with Crippen LogP contribution in [0.25, 0.3) is 0 Å². The monoisotopic (exact) mass is 765 g/mol. The van der Waals surface area contributed by atoms with E-state index in [1.807, 2.05) is 79.5 Å². The number of aromatic hydroxyl groups is 1. The van der Waals surface area contributed by atoms with Crippen molar-refractivity contribution in [1.82, 2.24) is 9.62 Å². The Bertz CT molecular complexity index is 2130. The van der Waals surface area contributed by atoms with E-state index in [0.29, 0.717) is 36.3 Å². The van der Waals surface area contributed by atoms with Crippen molar-refractivity contribution in [3.05, 3.63) is 161 Å². The molecular weight excluding hydrogens is 719 g/mol. The first kappa shape index (κ1) is 39.8. The number of sulfonamides is 1. The number of phenols is 1. The van der Waals surface area contributed by atoms with E-state index in [1.54, 1.807) is 54.6 Å². The fraction of sp³-hybridized carbons (Fsp3) is 0.279. The minimum absolute atomic E-state index is 0.0622. The number of amides is 1. The van der Waals surface area contributed by atoms with Crippen molar-refractivity contribution in [3.8, 4) is 5.75 Å². The van der Waals surface area contributed by atoms with Gasteiger partial charge in [-0.05, 0) is 79.0 Å². The number of hydrogen-bond acceptors (Lipinski definition) is 9. The van der Waals surface area contributed by atoms with Gasteiger partial charge in [-0.15, -0.1) is 0 Å². The van der Waals surface area contributed by atoms with Crippen LogP contribution in [0.4, 0.5) is 5.69 Å². The number of nitrogens with zero attached hydrogens (tertiary/aromatic N) is 1. The summed E-state index contributed by atoms with van der Waals surface area (Å²) in [7, 11) is -2.14. The lowest BCUT2D eigenvalue weighted by Gasteiger charge is -2.38. The summed E-state index contributed by atoms with van der Waals surface area (Å²) in [6, 6.07) is 35.7. The summed E-state index contributed by atoms with van der Waals surface area (Å²) in [6.07, 6.45) is -1.72. The molecule has 11 nitrogen and oxygen atoms in total. The van der Waals surface area contributed by atoms with Crippen molar-refractivity contribution in [3.63, 3.8) is 0 Å². The molecule has 1 amide bonds. The second kappa shape index (κ2) is 18.1. The zero-order valence-corrected chi connectivity index (χ0v) is 31.6. The van der Waals surface area contributed by atoms with E-state index in [9.17, 15) is 28.5 Å². The van der Waals surface area contributed by atoms with Crippen LogP contribution in [0.5, 0.6) is 5.75 Å². The lowest BCUT2D eigenvalue weighted by atomic mass is 9.99. The van der Waals surface area contributed by atoms with Gasteiger partial charge in [0.1, 0.15) is 11.8 Å². The molecule has 5 aromatic rings. The Balaban J connectivity index is 1.21. The Morgan fingerprint density at radius 3 is 2.29 bits per heavy atom. The topological polar surface area (TPSA) is 158 Å². The van der Waals surface area contributed by atoms with Crippen LogP contribution in [-0.4, -0.2) is 66.8 Å². The Morgan fingerprint density at radius 1 is 0.855 bits per heavy atom. The van der Waals surface area contributed by atoms with Crippen LogP contribution < -0.4 is 10.0 Å². The normalized spacial score (nSPS) is 18.5. The van der Waals surface area contributed by atoms with E-state index in [2.05, 4.69) is 10.0 Å². The third-order valence-corrected chi connectivity index (χ3v) is 11.0. The van der Waals surface area contributed by atoms with Gasteiger partial charge < -0.3 is 35.0 Å². The van der Waals surface area contributed by atoms with Crippen LogP contribution in [0.3, 0.4) is 0 Å². The quantitative estimate of drug-likeness (QED) is 0.0872. The van der Waals surface area contributed by atoms with Gasteiger partial charge in [0.2, 0.25) is 15.9 Å². The number of benzene rings is 5. The molecule has 1 aliphatic heterocycles. The summed E-state index contributed by atoms with van der Waals surface area (Å²) in [5, 5.41) is 33.3. The Morgan fingerprint density at radius 2 is 1.58 bits per heavy atom. The predicted molar refractivity (Wildman–Crippen MR) is 209 cm³/mol. The van der Waals surface area contributed by atoms with Crippen LogP contribution in [0.15, 0.2) is 132 Å². The van der Waals surface area contributed by atoms with Gasteiger partial charge in [-0.1, -0.05) is 96.6 Å². The number of anilines is 1. The summed E-state index contributed by atoms with van der Waals surface area (Å²) in [6.45, 7) is 2.54. The lowest BCUT2D eigenvalue weighted by Crippen LogP contribution is -2.45. The summed E-state index contributed by atoms with van der Waals surface area (Å²) in [5.41, 5.74) is 5.06. The summed E-state index contributed by atoms with van der Waals surface area (Å²) < 4.78 is 42.5. The highest BCUT2D eigenvalue weighted by atomic mass is 32.2. The molecule has 12 heteroatoms. The number of likely N-dealkylation sites (N-methyl/N-ethyl adjacent to an activating group) is 1. The SMILES string of the molecule is Cc1ccc(S(=O)(=O)NC(Cc2ccccc2)C(=O)Nc2cccc(C3OC(CN(C)CC(O)c4cccc(O)c4)CC(c4ccc(CO)cc4)O3)c2)cc1. The van der Waals surface area contributed by atoms with Crippen LogP contribution in [0.2, 0.25) is 0 Å². The van der Waals surface area contributed by atoms with Gasteiger partial charge in [-0.25, -0.2) is 8.42 Å². The number of ether oxygens (including phenoxy) is 2. The molecule has 5 N–H and O–H groups in total. The second-order valence-electron chi connectivity index (χ2n) is 14.0. The Hall–Kier alpha value is -4.92. The first-order valence-electron chi connectivity index (χ1n) is 18.2. The molecule has 0 radical (unpaired) electrons. The fourth-order valence-electron chi connectivity index (χ4n) is 6.59. The number of aryl methyl sites for hydroxylation is 1. The number of hydrogen-bond donors (Lipinski definition) is 5. The van der Waals surface area contributed by atoms with Gasteiger partial charge in [0.25, 0.3) is 0 Å². The Labute approximate surface area is 322 Å². The van der Waals surface area contributed by atoms with Crippen molar-refractivity contribution in [2.24, 2.45) is 0 Å². The van der Waals surface area contributed by atoms with Gasteiger partial charge in [0.15, 0.2) is 6.29 Å². The molecule has 0 aliphatic carbocycles. The van der Waals surface area contributed by atoms with E-state index >= 15 is 0 Å². The van der Waals surface area contributed by atoms with E-state index in [4.69, 9.17) is 9.47 Å². The molecule has 1 heterocycles. The Kier molecular flexibility index (Phi) is 13.1. The number of aliphatic hydroxyl groups is 2. The highest BCUT2D eigenvalue weighted by Gasteiger charge is 2.34. The zero-order valence-electron chi connectivity index (χ0n) is 30.8. The molecule has 6 rings (SSSR count). The largest absolute Gasteiger partial charge is 0.508 e. The maximum atomic E-state index is 13.9. The van der Waals surface area contributed by atoms with Crippen molar-refractivity contribution >= 4 is 21.6 Å². The summed E-state index contributed by atoms with van der Waals surface area (Å²) >= 11 is 0. The molecule has 1 aliphatic rings. The number of phenolic OH excluding ortho intramolecular Hbond substituents is 1. The summed E-state index contributed by atoms with van der Waals surface area (Å²) in [4.78, 5) is 15.9. The van der Waals surface area contributed by atoms with Crippen LogP contribution >= 0.6 is 0 Å². The number of nitrogens with one attached hydrogen (secondary N) is 2. The van der Waals surface area contributed by atoms with Gasteiger partial charge in [-0.3, -0.25) is 4.79 Å². The van der Waals surface area contributed by atoms with Gasteiger partial charge in [-0.2, -0.15) is 4.72 Å². The molecule has 288 valence electrons. The van der Waals surface area contributed by atoms with E-state index < -0.39 is 34.4 Å². The van der Waals surface area contributed by atoms with E-state index in [1.165, 1.54) is 12.1 Å². The predicted octanol–water partition coefficient (Wildman–Crippen LogP) is 5.93. The minimum Gasteiger partial charge on any atom is -0.508 e.